The minimum atomic E-state index is 0.100. The molecule has 7 nitrogen and oxygen atoms in total. The van der Waals surface area contributed by atoms with Crippen molar-refractivity contribution in [1.82, 2.24) is 14.9 Å². The number of thiophene rings is 1. The highest BCUT2D eigenvalue weighted by Gasteiger charge is 2.27. The predicted octanol–water partition coefficient (Wildman–Crippen LogP) is 4.13. The van der Waals surface area contributed by atoms with Gasteiger partial charge in [0.1, 0.15) is 22.2 Å². The summed E-state index contributed by atoms with van der Waals surface area (Å²) in [7, 11) is 1.67. The van der Waals surface area contributed by atoms with Crippen LogP contribution >= 0.6 is 11.3 Å². The second-order valence-electron chi connectivity index (χ2n) is 7.98. The van der Waals surface area contributed by atoms with E-state index < -0.39 is 0 Å². The third-order valence-electron chi connectivity index (χ3n) is 6.14. The maximum absolute atomic E-state index is 13.5. The van der Waals surface area contributed by atoms with Crippen LogP contribution in [0.2, 0.25) is 0 Å². The highest BCUT2D eigenvalue weighted by atomic mass is 32.1. The predicted molar refractivity (Wildman–Crippen MR) is 132 cm³/mol. The van der Waals surface area contributed by atoms with E-state index in [1.165, 1.54) is 11.3 Å². The van der Waals surface area contributed by atoms with Gasteiger partial charge < -0.3 is 19.4 Å². The molecule has 1 saturated heterocycles. The number of aryl methyl sites for hydroxylation is 2. The molecule has 0 bridgehead atoms. The molecule has 0 atom stereocenters. The molecule has 0 unspecified atom stereocenters. The van der Waals surface area contributed by atoms with E-state index in [0.717, 1.165) is 69.9 Å². The first-order chi connectivity index (χ1) is 15.5. The Hall–Kier alpha value is -2.87. The maximum atomic E-state index is 13.5. The fourth-order valence-corrected chi connectivity index (χ4v) is 5.47. The van der Waals surface area contributed by atoms with Gasteiger partial charge >= 0.3 is 0 Å². The number of carbonyl (C=O) groups excluding carboxylic acids is 1. The molecule has 1 amide bonds. The van der Waals surface area contributed by atoms with Gasteiger partial charge in [0, 0.05) is 45.0 Å². The van der Waals surface area contributed by atoms with Crippen LogP contribution in [0.15, 0.2) is 24.3 Å². The van der Waals surface area contributed by atoms with Gasteiger partial charge in [-0.3, -0.25) is 4.79 Å². The van der Waals surface area contributed by atoms with Gasteiger partial charge in [-0.2, -0.15) is 0 Å². The van der Waals surface area contributed by atoms with E-state index in [1.54, 1.807) is 7.11 Å². The Kier molecular flexibility index (Phi) is 6.50. The molecule has 1 aliphatic heterocycles. The number of amides is 1. The van der Waals surface area contributed by atoms with E-state index in [0.29, 0.717) is 13.1 Å². The van der Waals surface area contributed by atoms with Crippen LogP contribution in [0.25, 0.3) is 10.2 Å². The van der Waals surface area contributed by atoms with Crippen LogP contribution in [0, 0.1) is 13.8 Å². The van der Waals surface area contributed by atoms with E-state index >= 15 is 0 Å². The smallest absolute Gasteiger partial charge is 0.264 e. The van der Waals surface area contributed by atoms with Crippen molar-refractivity contribution in [1.29, 1.82) is 0 Å². The van der Waals surface area contributed by atoms with Crippen LogP contribution in [0.3, 0.4) is 0 Å². The number of fused-ring (bicyclic) bond motifs is 1. The zero-order valence-electron chi connectivity index (χ0n) is 19.5. The van der Waals surface area contributed by atoms with Crippen molar-refractivity contribution >= 4 is 39.0 Å². The monoisotopic (exact) mass is 453 g/mol. The quantitative estimate of drug-likeness (QED) is 0.559. The van der Waals surface area contributed by atoms with Crippen molar-refractivity contribution in [3.8, 4) is 5.75 Å². The minimum Gasteiger partial charge on any atom is -0.497 e. The molecule has 0 radical (unpaired) electrons. The van der Waals surface area contributed by atoms with Crippen LogP contribution < -0.4 is 14.5 Å². The average Bonchev–Trinajstić information content (AvgIpc) is 3.15. The number of ether oxygens (including phenoxy) is 1. The number of carbonyl (C=O) groups is 1. The highest BCUT2D eigenvalue weighted by molar-refractivity contribution is 7.20. The molecule has 0 aliphatic carbocycles. The van der Waals surface area contributed by atoms with Gasteiger partial charge in [-0.25, -0.2) is 9.97 Å². The SMILES string of the molecule is CCN(CC)c1nc(C)nc2sc(C(=O)N3CCN(c4ccc(OC)cc4)CC3)c(C)c12. The molecule has 0 spiro atoms. The molecule has 1 fully saturated rings. The molecule has 0 saturated carbocycles. The van der Waals surface area contributed by atoms with E-state index in [-0.39, 0.29) is 5.91 Å². The largest absolute Gasteiger partial charge is 0.497 e. The highest BCUT2D eigenvalue weighted by Crippen LogP contribution is 2.36. The first-order valence-corrected chi connectivity index (χ1v) is 12.0. The standard InChI is InChI=1S/C24H31N5O2S/c1-6-27(7-2)22-20-16(3)21(32-23(20)26-17(4)25-22)24(30)29-14-12-28(13-15-29)18-8-10-19(31-5)11-9-18/h8-11H,6-7,12-15H2,1-5H3. The lowest BCUT2D eigenvalue weighted by atomic mass is 10.1. The molecule has 3 heterocycles. The summed E-state index contributed by atoms with van der Waals surface area (Å²) in [6.07, 6.45) is 0. The number of piperazine rings is 1. The second kappa shape index (κ2) is 9.32. The van der Waals surface area contributed by atoms with E-state index in [2.05, 4.69) is 40.8 Å². The zero-order valence-corrected chi connectivity index (χ0v) is 20.3. The summed E-state index contributed by atoms with van der Waals surface area (Å²) in [6, 6.07) is 8.10. The Labute approximate surface area is 193 Å². The van der Waals surface area contributed by atoms with Crippen molar-refractivity contribution in [3.63, 3.8) is 0 Å². The topological polar surface area (TPSA) is 61.8 Å². The number of hydrogen-bond donors (Lipinski definition) is 0. The Balaban J connectivity index is 1.55. The third kappa shape index (κ3) is 4.11. The number of benzene rings is 1. The van der Waals surface area contributed by atoms with Gasteiger partial charge in [-0.15, -0.1) is 11.3 Å². The number of aromatic nitrogens is 2. The van der Waals surface area contributed by atoms with Gasteiger partial charge in [-0.1, -0.05) is 0 Å². The molecule has 4 rings (SSSR count). The normalized spacial score (nSPS) is 14.2. The zero-order chi connectivity index (χ0) is 22.8. The number of nitrogens with zero attached hydrogens (tertiary/aromatic N) is 5. The van der Waals surface area contributed by atoms with Crippen LogP contribution in [-0.4, -0.2) is 67.2 Å². The van der Waals surface area contributed by atoms with Gasteiger partial charge in [0.05, 0.1) is 17.4 Å². The van der Waals surface area contributed by atoms with Gasteiger partial charge in [0.25, 0.3) is 5.91 Å². The van der Waals surface area contributed by atoms with Crippen LogP contribution in [0.5, 0.6) is 5.75 Å². The fraction of sp³-hybridized carbons (Fsp3) is 0.458. The first-order valence-electron chi connectivity index (χ1n) is 11.2. The van der Waals surface area contributed by atoms with Crippen molar-refractivity contribution < 1.29 is 9.53 Å². The molecule has 8 heteroatoms. The van der Waals surface area contributed by atoms with E-state index in [9.17, 15) is 4.79 Å². The molecule has 32 heavy (non-hydrogen) atoms. The molecule has 0 N–H and O–H groups in total. The minimum absolute atomic E-state index is 0.100. The lowest BCUT2D eigenvalue weighted by Gasteiger charge is -2.36. The Bertz CT molecular complexity index is 1100. The summed E-state index contributed by atoms with van der Waals surface area (Å²) in [5.74, 6) is 2.63. The number of methoxy groups -OCH3 is 1. The molecule has 3 aromatic rings. The number of rotatable bonds is 6. The lowest BCUT2D eigenvalue weighted by molar-refractivity contribution is 0.0751. The maximum Gasteiger partial charge on any atom is 0.264 e. The van der Waals surface area contributed by atoms with Gasteiger partial charge in [0.15, 0.2) is 0 Å². The third-order valence-corrected chi connectivity index (χ3v) is 7.32. The summed E-state index contributed by atoms with van der Waals surface area (Å²) >= 11 is 1.50. The molecule has 2 aromatic heterocycles. The Morgan fingerprint density at radius 2 is 1.72 bits per heavy atom. The molecule has 170 valence electrons. The summed E-state index contributed by atoms with van der Waals surface area (Å²) in [4.78, 5) is 31.0. The summed E-state index contributed by atoms with van der Waals surface area (Å²) in [5, 5.41) is 1.02. The van der Waals surface area contributed by atoms with Crippen molar-refractivity contribution in [2.45, 2.75) is 27.7 Å². The summed E-state index contributed by atoms with van der Waals surface area (Å²) < 4.78 is 5.25. The molecule has 1 aromatic carbocycles. The van der Waals surface area contributed by atoms with Crippen molar-refractivity contribution in [2.75, 3.05) is 56.2 Å². The van der Waals surface area contributed by atoms with Crippen LogP contribution in [-0.2, 0) is 0 Å². The van der Waals surface area contributed by atoms with Crippen LogP contribution in [0.1, 0.15) is 34.9 Å². The van der Waals surface area contributed by atoms with Crippen molar-refractivity contribution in [2.24, 2.45) is 0 Å². The number of anilines is 2. The van der Waals surface area contributed by atoms with Gasteiger partial charge in [-0.05, 0) is 57.5 Å². The Morgan fingerprint density at radius 3 is 2.31 bits per heavy atom. The fourth-order valence-electron chi connectivity index (χ4n) is 4.28. The molecular formula is C24H31N5O2S. The number of hydrogen-bond acceptors (Lipinski definition) is 7. The first kappa shape index (κ1) is 22.3. The van der Waals surface area contributed by atoms with E-state index in [4.69, 9.17) is 9.72 Å². The van der Waals surface area contributed by atoms with E-state index in [1.807, 2.05) is 30.9 Å². The Morgan fingerprint density at radius 1 is 1.06 bits per heavy atom. The second-order valence-corrected chi connectivity index (χ2v) is 8.98. The summed E-state index contributed by atoms with van der Waals surface area (Å²) in [5.41, 5.74) is 2.15. The van der Waals surface area contributed by atoms with Crippen molar-refractivity contribution in [3.05, 3.63) is 40.5 Å². The lowest BCUT2D eigenvalue weighted by Crippen LogP contribution is -2.48. The van der Waals surface area contributed by atoms with Crippen LogP contribution in [0.4, 0.5) is 11.5 Å². The van der Waals surface area contributed by atoms with Gasteiger partial charge in [0.2, 0.25) is 0 Å². The average molecular weight is 454 g/mol. The summed E-state index contributed by atoms with van der Waals surface area (Å²) in [6.45, 7) is 13.0. The molecule has 1 aliphatic rings. The molecular weight excluding hydrogens is 422 g/mol.